The third-order valence-corrected chi connectivity index (χ3v) is 8.62. The minimum atomic E-state index is -1.03. The number of aryl methyl sites for hydroxylation is 1. The zero-order valence-electron chi connectivity index (χ0n) is 18.4. The second-order valence-electron chi connectivity index (χ2n) is 10.0. The van der Waals surface area contributed by atoms with E-state index in [0.29, 0.717) is 49.7 Å². The van der Waals surface area contributed by atoms with Gasteiger partial charge >= 0.3 is 5.97 Å². The molecule has 5 rings (SSSR count). The molecule has 3 fully saturated rings. The molecule has 1 aromatic carbocycles. The van der Waals surface area contributed by atoms with Crippen LogP contribution in [0.4, 0.5) is 4.39 Å². The molecular weight excluding hydrogens is 475 g/mol. The van der Waals surface area contributed by atoms with Crippen LogP contribution in [0.25, 0.3) is 0 Å². The summed E-state index contributed by atoms with van der Waals surface area (Å²) >= 11 is 3.74. The van der Waals surface area contributed by atoms with Gasteiger partial charge in [-0.1, -0.05) is 12.1 Å². The number of aliphatic carboxylic acids is 1. The van der Waals surface area contributed by atoms with Crippen LogP contribution in [0.15, 0.2) is 28.9 Å². The zero-order valence-corrected chi connectivity index (χ0v) is 20.0. The van der Waals surface area contributed by atoms with E-state index in [-0.39, 0.29) is 5.82 Å². The van der Waals surface area contributed by atoms with Gasteiger partial charge in [-0.15, -0.1) is 0 Å². The zero-order chi connectivity index (χ0) is 22.5. The Morgan fingerprint density at radius 3 is 2.34 bits per heavy atom. The normalized spacial score (nSPS) is 28.1. The maximum Gasteiger partial charge on any atom is 0.314 e. The third kappa shape index (κ3) is 4.03. The number of carboxylic acids is 1. The summed E-state index contributed by atoms with van der Waals surface area (Å²) in [5, 5.41) is 10.2. The lowest BCUT2D eigenvalue weighted by molar-refractivity contribution is -0.151. The maximum atomic E-state index is 13.5. The molecule has 3 aliphatic rings. The van der Waals surface area contributed by atoms with E-state index in [1.54, 1.807) is 12.1 Å². The molecule has 172 valence electrons. The molecule has 0 unspecified atom stereocenters. The van der Waals surface area contributed by atoms with Gasteiger partial charge in [-0.05, 0) is 104 Å². The molecule has 0 radical (unpaired) electrons. The van der Waals surface area contributed by atoms with Gasteiger partial charge in [0.25, 0.3) is 0 Å². The third-order valence-electron chi connectivity index (χ3n) is 7.62. The van der Waals surface area contributed by atoms with Gasteiger partial charge in [-0.25, -0.2) is 9.37 Å². The predicted molar refractivity (Wildman–Crippen MR) is 122 cm³/mol. The van der Waals surface area contributed by atoms with E-state index < -0.39 is 17.0 Å². The molecule has 7 heteroatoms. The Labute approximate surface area is 196 Å². The van der Waals surface area contributed by atoms with Crippen molar-refractivity contribution < 1.29 is 19.0 Å². The van der Waals surface area contributed by atoms with Crippen LogP contribution < -0.4 is 0 Å². The van der Waals surface area contributed by atoms with Crippen molar-refractivity contribution in [3.63, 3.8) is 0 Å². The van der Waals surface area contributed by atoms with E-state index in [9.17, 15) is 14.3 Å². The molecule has 0 saturated heterocycles. The molecule has 1 N–H and O–H groups in total. The highest BCUT2D eigenvalue weighted by Crippen LogP contribution is 2.51. The Hall–Kier alpha value is -1.73. The van der Waals surface area contributed by atoms with E-state index in [1.165, 1.54) is 37.8 Å². The van der Waals surface area contributed by atoms with E-state index in [0.717, 1.165) is 22.7 Å². The first-order valence-corrected chi connectivity index (χ1v) is 12.5. The number of carboxylic acid groups (broad SMARTS) is 1. The number of hydrogen-bond acceptors (Lipinski definition) is 3. The Morgan fingerprint density at radius 2 is 1.78 bits per heavy atom. The molecule has 3 aliphatic carbocycles. The molecule has 0 aliphatic heterocycles. The van der Waals surface area contributed by atoms with Gasteiger partial charge < -0.3 is 14.4 Å². The fourth-order valence-electron chi connectivity index (χ4n) is 5.10. The highest BCUT2D eigenvalue weighted by molar-refractivity contribution is 9.10. The number of benzene rings is 1. The van der Waals surface area contributed by atoms with Crippen molar-refractivity contribution in [1.82, 2.24) is 9.55 Å². The number of rotatable bonds is 8. The first kappa shape index (κ1) is 22.1. The minimum absolute atomic E-state index is 0.352. The maximum absolute atomic E-state index is 13.5. The summed E-state index contributed by atoms with van der Waals surface area (Å²) in [5.74, 6) is 1.02. The van der Waals surface area contributed by atoms with Gasteiger partial charge in [-0.3, -0.25) is 4.79 Å². The lowest BCUT2D eigenvalue weighted by Crippen LogP contribution is -2.47. The molecule has 32 heavy (non-hydrogen) atoms. The van der Waals surface area contributed by atoms with Crippen LogP contribution in [0, 0.1) is 24.6 Å². The summed E-state index contributed by atoms with van der Waals surface area (Å²) < 4.78 is 23.5. The number of hydrogen-bond donors (Lipinski definition) is 1. The fraction of sp³-hybridized carbons (Fsp3) is 0.600. The van der Waals surface area contributed by atoms with Crippen LogP contribution in [-0.2, 0) is 27.1 Å². The van der Waals surface area contributed by atoms with Gasteiger partial charge in [0.2, 0.25) is 0 Å². The van der Waals surface area contributed by atoms with Gasteiger partial charge in [0.05, 0.1) is 17.7 Å². The second kappa shape index (κ2) is 8.24. The van der Waals surface area contributed by atoms with Crippen LogP contribution in [0.3, 0.4) is 0 Å². The number of ether oxygens (including phenoxy) is 1. The Kier molecular flexibility index (Phi) is 5.69. The lowest BCUT2D eigenvalue weighted by Gasteiger charge is -2.44. The SMILES string of the molecule is Cc1nc(C2(OCC3CC3)CCC(C(=O)O)(c3ccc(F)cc3)CC2)n(CC2CC2)c1Br. The van der Waals surface area contributed by atoms with Crippen LogP contribution >= 0.6 is 15.9 Å². The lowest BCUT2D eigenvalue weighted by atomic mass is 9.65. The van der Waals surface area contributed by atoms with Crippen molar-refractivity contribution in [3.05, 3.63) is 51.8 Å². The van der Waals surface area contributed by atoms with Crippen LogP contribution in [-0.4, -0.2) is 27.2 Å². The highest BCUT2D eigenvalue weighted by atomic mass is 79.9. The molecule has 5 nitrogen and oxygen atoms in total. The average Bonchev–Trinajstić information content (AvgIpc) is 3.70. The van der Waals surface area contributed by atoms with Gasteiger partial charge in [-0.2, -0.15) is 0 Å². The molecule has 1 aromatic heterocycles. The van der Waals surface area contributed by atoms with Crippen LogP contribution in [0.2, 0.25) is 0 Å². The monoisotopic (exact) mass is 504 g/mol. The summed E-state index contributed by atoms with van der Waals surface area (Å²) in [7, 11) is 0. The van der Waals surface area contributed by atoms with E-state index in [1.807, 2.05) is 6.92 Å². The molecule has 1 heterocycles. The van der Waals surface area contributed by atoms with Crippen molar-refractivity contribution in [2.75, 3.05) is 6.61 Å². The number of aromatic nitrogens is 2. The highest BCUT2D eigenvalue weighted by Gasteiger charge is 2.52. The van der Waals surface area contributed by atoms with Crippen LogP contribution in [0.5, 0.6) is 0 Å². The standard InChI is InChI=1S/C25H30BrFN2O3/c1-16-21(26)29(14-17-2-3-17)22(28-16)25(32-15-18-4-5-18)12-10-24(11-13-25,23(30)31)19-6-8-20(27)9-7-19/h6-9,17-18H,2-5,10-15H2,1H3,(H,30,31). The molecule has 0 spiro atoms. The van der Waals surface area contributed by atoms with Gasteiger partial charge in [0.15, 0.2) is 0 Å². The summed E-state index contributed by atoms with van der Waals surface area (Å²) in [6.45, 7) is 3.63. The first-order valence-electron chi connectivity index (χ1n) is 11.7. The Bertz CT molecular complexity index is 1000. The summed E-state index contributed by atoms with van der Waals surface area (Å²) in [6.07, 6.45) is 6.91. The van der Waals surface area contributed by atoms with Crippen molar-refractivity contribution >= 4 is 21.9 Å². The van der Waals surface area contributed by atoms with E-state index >= 15 is 0 Å². The molecule has 0 amide bonds. The largest absolute Gasteiger partial charge is 0.481 e. The number of halogens is 2. The smallest absolute Gasteiger partial charge is 0.314 e. The summed E-state index contributed by atoms with van der Waals surface area (Å²) in [6, 6.07) is 5.95. The second-order valence-corrected chi connectivity index (χ2v) is 10.8. The molecular formula is C25H30BrFN2O3. The molecule has 2 aromatic rings. The van der Waals surface area contributed by atoms with Crippen molar-refractivity contribution in [2.45, 2.75) is 75.9 Å². The summed E-state index contributed by atoms with van der Waals surface area (Å²) in [4.78, 5) is 17.5. The van der Waals surface area contributed by atoms with Crippen molar-refractivity contribution in [1.29, 1.82) is 0 Å². The Balaban J connectivity index is 1.49. The van der Waals surface area contributed by atoms with E-state index in [4.69, 9.17) is 9.72 Å². The molecule has 3 saturated carbocycles. The molecule has 0 atom stereocenters. The van der Waals surface area contributed by atoms with Crippen molar-refractivity contribution in [2.24, 2.45) is 11.8 Å². The van der Waals surface area contributed by atoms with E-state index in [2.05, 4.69) is 20.5 Å². The predicted octanol–water partition coefficient (Wildman–Crippen LogP) is 5.72. The van der Waals surface area contributed by atoms with Crippen LogP contribution in [0.1, 0.15) is 68.4 Å². The minimum Gasteiger partial charge on any atom is -0.481 e. The van der Waals surface area contributed by atoms with Gasteiger partial charge in [0, 0.05) is 6.54 Å². The number of carbonyl (C=O) groups is 1. The van der Waals surface area contributed by atoms with Gasteiger partial charge in [0.1, 0.15) is 21.8 Å². The summed E-state index contributed by atoms with van der Waals surface area (Å²) in [5.41, 5.74) is -0.00218. The average molecular weight is 505 g/mol. The Morgan fingerprint density at radius 1 is 1.16 bits per heavy atom. The fourth-order valence-corrected chi connectivity index (χ4v) is 5.50. The molecule has 0 bridgehead atoms. The quantitative estimate of drug-likeness (QED) is 0.499. The topological polar surface area (TPSA) is 64.3 Å². The first-order chi connectivity index (χ1) is 15.3. The number of nitrogens with zero attached hydrogens (tertiary/aromatic N) is 2. The van der Waals surface area contributed by atoms with Crippen molar-refractivity contribution in [3.8, 4) is 0 Å². The number of imidazole rings is 1.